The summed E-state index contributed by atoms with van der Waals surface area (Å²) in [6, 6.07) is 9.68. The molecule has 268 valence electrons. The van der Waals surface area contributed by atoms with E-state index in [1.807, 2.05) is 0 Å². The maximum atomic E-state index is 13.9. The van der Waals surface area contributed by atoms with E-state index in [0.29, 0.717) is 10.8 Å². The van der Waals surface area contributed by atoms with E-state index in [4.69, 9.17) is 0 Å². The third kappa shape index (κ3) is 5.20. The van der Waals surface area contributed by atoms with E-state index in [9.17, 15) is 59.4 Å². The van der Waals surface area contributed by atoms with Gasteiger partial charge in [-0.05, 0) is 73.6 Å². The molecule has 2 aromatic rings. The summed E-state index contributed by atoms with van der Waals surface area (Å²) in [5.41, 5.74) is -9.25. The zero-order valence-electron chi connectivity index (χ0n) is 27.1. The van der Waals surface area contributed by atoms with Crippen molar-refractivity contribution in [3.8, 4) is 0 Å². The van der Waals surface area contributed by atoms with Gasteiger partial charge in [0.05, 0.1) is 72.1 Å². The Kier molecular flexibility index (Phi) is 8.64. The monoisotopic (exact) mass is 696 g/mol. The van der Waals surface area contributed by atoms with E-state index in [0.717, 1.165) is 0 Å². The number of fused-ring (bicyclic) bond motifs is 5. The number of amides is 6. The van der Waals surface area contributed by atoms with Crippen LogP contribution < -0.4 is 21.3 Å². The van der Waals surface area contributed by atoms with Gasteiger partial charge in [-0.3, -0.25) is 39.4 Å². The van der Waals surface area contributed by atoms with Crippen LogP contribution in [0.15, 0.2) is 36.4 Å². The minimum atomic E-state index is -1.71. The highest BCUT2D eigenvalue weighted by molar-refractivity contribution is 6.08. The number of piperidine rings is 2. The van der Waals surface area contributed by atoms with Crippen LogP contribution in [0.25, 0.3) is 10.8 Å². The first kappa shape index (κ1) is 35.5. The number of rotatable bonds is 10. The van der Waals surface area contributed by atoms with Gasteiger partial charge >= 0.3 is 0 Å². The summed E-state index contributed by atoms with van der Waals surface area (Å²) < 4.78 is 0. The molecule has 6 rings (SSSR count). The molecule has 10 N–H and O–H groups in total. The molecule has 0 aromatic heterocycles. The maximum Gasteiger partial charge on any atom is 0.235 e. The second-order valence-electron chi connectivity index (χ2n) is 14.9. The molecule has 2 saturated carbocycles. The van der Waals surface area contributed by atoms with Crippen molar-refractivity contribution in [2.24, 2.45) is 32.5 Å². The summed E-state index contributed by atoms with van der Waals surface area (Å²) in [6.45, 7) is -4.40. The van der Waals surface area contributed by atoms with Crippen molar-refractivity contribution in [1.82, 2.24) is 10.6 Å². The van der Waals surface area contributed by atoms with Crippen molar-refractivity contribution in [1.29, 1.82) is 0 Å². The number of hydrogen-bond acceptors (Lipinski definition) is 12. The molecule has 6 amide bonds. The summed E-state index contributed by atoms with van der Waals surface area (Å²) in [7, 11) is 0. The van der Waals surface area contributed by atoms with Gasteiger partial charge in [-0.25, -0.2) is 0 Å². The smallest absolute Gasteiger partial charge is 0.235 e. The molecule has 2 aromatic carbocycles. The van der Waals surface area contributed by atoms with E-state index >= 15 is 0 Å². The molecule has 4 aliphatic rings. The summed E-state index contributed by atoms with van der Waals surface area (Å²) in [6.07, 6.45) is -1.48. The van der Waals surface area contributed by atoms with Crippen molar-refractivity contribution in [2.75, 3.05) is 50.3 Å². The van der Waals surface area contributed by atoms with Gasteiger partial charge in [0.1, 0.15) is 0 Å². The predicted molar refractivity (Wildman–Crippen MR) is 172 cm³/mol. The minimum Gasteiger partial charge on any atom is -0.395 e. The van der Waals surface area contributed by atoms with Crippen molar-refractivity contribution >= 4 is 57.6 Å². The van der Waals surface area contributed by atoms with Crippen LogP contribution in [0.2, 0.25) is 0 Å². The average molecular weight is 697 g/mol. The van der Waals surface area contributed by atoms with E-state index in [2.05, 4.69) is 21.3 Å². The zero-order chi connectivity index (χ0) is 36.3. The molecular weight excluding hydrogens is 656 g/mol. The fourth-order valence-electron chi connectivity index (χ4n) is 8.99. The number of aliphatic hydroxyl groups excluding tert-OH is 6. The first-order chi connectivity index (χ1) is 23.7. The Morgan fingerprint density at radius 3 is 1.10 bits per heavy atom. The highest BCUT2D eigenvalue weighted by atomic mass is 16.3. The largest absolute Gasteiger partial charge is 0.395 e. The molecule has 0 spiro atoms. The Morgan fingerprint density at radius 2 is 0.820 bits per heavy atom. The molecule has 2 aliphatic carbocycles. The van der Waals surface area contributed by atoms with Crippen LogP contribution in [0.3, 0.4) is 0 Å². The lowest BCUT2D eigenvalue weighted by Gasteiger charge is -2.54. The Morgan fingerprint density at radius 1 is 0.500 bits per heavy atom. The standard InChI is InChI=1S/C34H40N4O12/c39-13-29(7-31(15-41)11-32(8-29,16-42)26(48)37-25(31)47)23(45)35-21-3-1-19-2-4-22(6-20(19)5-21)36-24(46)30(14-40)9-33(17-43)12-34(10-30,18-44)28(50)38-27(33)49/h1-6,39-44H,7-18H2,(H,35,45)(H,36,46)(H,37,47,48)(H,38,49,50)/t29?,30?,31-,32+,33-,34+. The highest BCUT2D eigenvalue weighted by Crippen LogP contribution is 2.58. The fourth-order valence-corrected chi connectivity index (χ4v) is 8.99. The quantitative estimate of drug-likeness (QED) is 0.124. The van der Waals surface area contributed by atoms with Gasteiger partial charge in [0, 0.05) is 11.4 Å². The summed E-state index contributed by atoms with van der Waals surface area (Å²) in [5.74, 6) is -4.61. The van der Waals surface area contributed by atoms with Crippen LogP contribution in [0, 0.1) is 32.5 Å². The molecule has 2 saturated heterocycles. The maximum absolute atomic E-state index is 13.9. The lowest BCUT2D eigenvalue weighted by Crippen LogP contribution is -2.68. The molecule has 16 nitrogen and oxygen atoms in total. The van der Waals surface area contributed by atoms with Crippen LogP contribution in [0.1, 0.15) is 38.5 Å². The van der Waals surface area contributed by atoms with Gasteiger partial charge in [-0.15, -0.1) is 0 Å². The van der Waals surface area contributed by atoms with E-state index < -0.39 is 108 Å². The predicted octanol–water partition coefficient (Wildman–Crippen LogP) is -1.73. The number of carbonyl (C=O) groups excluding carboxylic acids is 6. The second kappa shape index (κ2) is 12.2. The van der Waals surface area contributed by atoms with Crippen LogP contribution in [-0.2, 0) is 28.8 Å². The molecule has 50 heavy (non-hydrogen) atoms. The van der Waals surface area contributed by atoms with Crippen molar-refractivity contribution in [2.45, 2.75) is 38.5 Å². The van der Waals surface area contributed by atoms with Crippen molar-refractivity contribution < 1.29 is 59.4 Å². The molecule has 4 bridgehead atoms. The lowest BCUT2D eigenvalue weighted by atomic mass is 9.50. The molecule has 2 aliphatic heterocycles. The normalized spacial score (nSPS) is 34.9. The van der Waals surface area contributed by atoms with Gasteiger partial charge < -0.3 is 41.3 Å². The number of hydrogen-bond donors (Lipinski definition) is 10. The fraction of sp³-hybridized carbons (Fsp3) is 0.529. The molecule has 16 heteroatoms. The second-order valence-corrected chi connectivity index (χ2v) is 14.9. The first-order valence-corrected chi connectivity index (χ1v) is 16.2. The van der Waals surface area contributed by atoms with Crippen LogP contribution >= 0.6 is 0 Å². The number of imide groups is 2. The summed E-state index contributed by atoms with van der Waals surface area (Å²) >= 11 is 0. The van der Waals surface area contributed by atoms with E-state index in [1.54, 1.807) is 36.4 Å². The summed E-state index contributed by atoms with van der Waals surface area (Å²) in [5, 5.41) is 73.1. The molecule has 0 radical (unpaired) electrons. The SMILES string of the molecule is O=C(Nc1ccc2ccc(NC(=O)C3(CO)C[C@@]4(CO)C[C@@](CO)(C3)C(=O)NC4=O)cc2c1)C1(CO)C[C@@]2(CO)C[C@@](CO)(C1)C(=O)NC2=O. The third-order valence-corrected chi connectivity index (χ3v) is 11.6. The van der Waals surface area contributed by atoms with Crippen LogP contribution in [-0.4, -0.2) is 106 Å². The number of benzene rings is 2. The van der Waals surface area contributed by atoms with Gasteiger partial charge in [0.2, 0.25) is 35.4 Å². The number of nitrogens with one attached hydrogen (secondary N) is 4. The van der Waals surface area contributed by atoms with E-state index in [-0.39, 0.29) is 49.9 Å². The molecule has 2 unspecified atom stereocenters. The molecule has 4 fully saturated rings. The van der Waals surface area contributed by atoms with Gasteiger partial charge in [-0.2, -0.15) is 0 Å². The topological polar surface area (TPSA) is 272 Å². The number of aliphatic hydroxyl groups is 6. The highest BCUT2D eigenvalue weighted by Gasteiger charge is 2.67. The summed E-state index contributed by atoms with van der Waals surface area (Å²) in [4.78, 5) is 79.2. The van der Waals surface area contributed by atoms with Gasteiger partial charge in [-0.1, -0.05) is 12.1 Å². The van der Waals surface area contributed by atoms with Gasteiger partial charge in [0.15, 0.2) is 0 Å². The zero-order valence-corrected chi connectivity index (χ0v) is 27.1. The average Bonchev–Trinajstić information content (AvgIpc) is 3.12. The lowest BCUT2D eigenvalue weighted by molar-refractivity contribution is -0.178. The Hall–Kier alpha value is -4.32. The minimum absolute atomic E-state index is 0.180. The van der Waals surface area contributed by atoms with Crippen LogP contribution in [0.4, 0.5) is 11.4 Å². The van der Waals surface area contributed by atoms with Crippen LogP contribution in [0.5, 0.6) is 0 Å². The van der Waals surface area contributed by atoms with Crippen molar-refractivity contribution in [3.05, 3.63) is 36.4 Å². The Bertz CT molecular complexity index is 1630. The Balaban J connectivity index is 1.27. The number of anilines is 2. The molecule has 6 atom stereocenters. The number of carbonyl (C=O) groups is 6. The molecular formula is C34H40N4O12. The van der Waals surface area contributed by atoms with E-state index in [1.165, 1.54) is 0 Å². The van der Waals surface area contributed by atoms with Gasteiger partial charge in [0.25, 0.3) is 0 Å². The van der Waals surface area contributed by atoms with Crippen molar-refractivity contribution in [3.63, 3.8) is 0 Å². The third-order valence-electron chi connectivity index (χ3n) is 11.6. The molecule has 2 heterocycles. The Labute approximate surface area is 285 Å². The first-order valence-electron chi connectivity index (χ1n) is 16.2.